The third-order valence-corrected chi connectivity index (χ3v) is 3.72. The number of ether oxygens (including phenoxy) is 1. The maximum Gasteiger partial charge on any atom is 0.410 e. The quantitative estimate of drug-likeness (QED) is 0.810. The van der Waals surface area contributed by atoms with E-state index in [1.165, 1.54) is 5.56 Å². The first-order valence-electron chi connectivity index (χ1n) is 7.33. The Bertz CT molecular complexity index is 657. The van der Waals surface area contributed by atoms with E-state index in [2.05, 4.69) is 17.2 Å². The lowest BCUT2D eigenvalue weighted by molar-refractivity contribution is 0.0292. The lowest BCUT2D eigenvalue weighted by Gasteiger charge is -2.24. The van der Waals surface area contributed by atoms with Gasteiger partial charge in [0.1, 0.15) is 11.2 Å². The average Bonchev–Trinajstić information content (AvgIpc) is 3.05. The van der Waals surface area contributed by atoms with Crippen LogP contribution in [0.15, 0.2) is 30.7 Å². The fourth-order valence-corrected chi connectivity index (χ4v) is 2.70. The van der Waals surface area contributed by atoms with Gasteiger partial charge in [0.05, 0.1) is 0 Å². The molecule has 21 heavy (non-hydrogen) atoms. The highest BCUT2D eigenvalue weighted by atomic mass is 16.6. The molecule has 5 heteroatoms. The number of carbonyl (C=O) groups excluding carboxylic acids is 1. The molecule has 5 nitrogen and oxygen atoms in total. The van der Waals surface area contributed by atoms with Crippen LogP contribution in [0.2, 0.25) is 0 Å². The number of rotatable bonds is 1. The van der Waals surface area contributed by atoms with E-state index in [1.807, 2.05) is 37.4 Å². The fraction of sp³-hybridized carbons (Fsp3) is 0.500. The molecule has 0 saturated carbocycles. The minimum atomic E-state index is -0.440. The van der Waals surface area contributed by atoms with Crippen LogP contribution in [-0.4, -0.2) is 39.1 Å². The smallest absolute Gasteiger partial charge is 0.410 e. The van der Waals surface area contributed by atoms with Crippen molar-refractivity contribution >= 4 is 11.7 Å². The van der Waals surface area contributed by atoms with Crippen LogP contribution in [0, 0.1) is 0 Å². The van der Waals surface area contributed by atoms with Crippen LogP contribution in [0.3, 0.4) is 0 Å². The molecule has 112 valence electrons. The summed E-state index contributed by atoms with van der Waals surface area (Å²) in [6.07, 6.45) is 6.60. The van der Waals surface area contributed by atoms with Crippen LogP contribution in [0.5, 0.6) is 0 Å². The van der Waals surface area contributed by atoms with Gasteiger partial charge in [-0.3, -0.25) is 0 Å². The second kappa shape index (κ2) is 5.06. The first kappa shape index (κ1) is 13.9. The molecule has 1 fully saturated rings. The van der Waals surface area contributed by atoms with Gasteiger partial charge < -0.3 is 14.0 Å². The number of amides is 1. The minimum Gasteiger partial charge on any atom is -0.444 e. The zero-order valence-electron chi connectivity index (χ0n) is 12.7. The Labute approximate surface area is 124 Å². The fourth-order valence-electron chi connectivity index (χ4n) is 2.70. The van der Waals surface area contributed by atoms with Gasteiger partial charge in [-0.1, -0.05) is 6.07 Å². The van der Waals surface area contributed by atoms with Crippen LogP contribution in [-0.2, 0) is 4.74 Å². The Kier molecular flexibility index (Phi) is 3.35. The largest absolute Gasteiger partial charge is 0.444 e. The van der Waals surface area contributed by atoms with Crippen molar-refractivity contribution in [2.24, 2.45) is 0 Å². The van der Waals surface area contributed by atoms with Gasteiger partial charge in [-0.15, -0.1) is 0 Å². The summed E-state index contributed by atoms with van der Waals surface area (Å²) in [4.78, 5) is 18.1. The highest BCUT2D eigenvalue weighted by Gasteiger charge is 2.30. The summed E-state index contributed by atoms with van der Waals surface area (Å²) in [5, 5.41) is 0. The Morgan fingerprint density at radius 3 is 2.95 bits per heavy atom. The first-order valence-corrected chi connectivity index (χ1v) is 7.33. The molecule has 2 aromatic rings. The third-order valence-electron chi connectivity index (χ3n) is 3.72. The molecule has 3 heterocycles. The molecule has 0 aliphatic carbocycles. The molecule has 1 aliphatic rings. The number of hydrogen-bond acceptors (Lipinski definition) is 3. The van der Waals surface area contributed by atoms with Gasteiger partial charge in [0.15, 0.2) is 0 Å². The highest BCUT2D eigenvalue weighted by Crippen LogP contribution is 2.28. The van der Waals surface area contributed by atoms with Crippen molar-refractivity contribution in [1.29, 1.82) is 0 Å². The van der Waals surface area contributed by atoms with Crippen LogP contribution < -0.4 is 0 Å². The predicted octanol–water partition coefficient (Wildman–Crippen LogP) is 3.06. The van der Waals surface area contributed by atoms with E-state index in [1.54, 1.807) is 11.1 Å². The second-order valence-electron chi connectivity index (χ2n) is 6.57. The summed E-state index contributed by atoms with van der Waals surface area (Å²) in [6.45, 7) is 7.15. The molecule has 3 rings (SSSR count). The number of hydrogen-bond donors (Lipinski definition) is 0. The van der Waals surface area contributed by atoms with Gasteiger partial charge in [-0.2, -0.15) is 0 Å². The van der Waals surface area contributed by atoms with Crippen LogP contribution in [0.25, 0.3) is 5.65 Å². The van der Waals surface area contributed by atoms with E-state index in [9.17, 15) is 4.79 Å². The number of imidazole rings is 1. The molecule has 1 aliphatic heterocycles. The zero-order valence-corrected chi connectivity index (χ0v) is 12.7. The highest BCUT2D eigenvalue weighted by molar-refractivity contribution is 5.68. The molecule has 0 N–H and O–H groups in total. The lowest BCUT2D eigenvalue weighted by atomic mass is 10.0. The van der Waals surface area contributed by atoms with Crippen LogP contribution in [0.4, 0.5) is 4.79 Å². The monoisotopic (exact) mass is 287 g/mol. The minimum absolute atomic E-state index is 0.214. The van der Waals surface area contributed by atoms with E-state index in [0.29, 0.717) is 5.92 Å². The number of aromatic nitrogens is 2. The van der Waals surface area contributed by atoms with E-state index in [-0.39, 0.29) is 6.09 Å². The van der Waals surface area contributed by atoms with E-state index in [4.69, 9.17) is 4.74 Å². The predicted molar refractivity (Wildman–Crippen MR) is 80.4 cm³/mol. The van der Waals surface area contributed by atoms with E-state index >= 15 is 0 Å². The number of pyridine rings is 1. The normalized spacial score (nSPS) is 19.2. The third kappa shape index (κ3) is 3.01. The topological polar surface area (TPSA) is 46.8 Å². The van der Waals surface area contributed by atoms with Gasteiger partial charge in [0.2, 0.25) is 0 Å². The first-order chi connectivity index (χ1) is 9.92. The number of fused-ring (bicyclic) bond motifs is 1. The van der Waals surface area contributed by atoms with Crippen molar-refractivity contribution in [2.75, 3.05) is 13.1 Å². The van der Waals surface area contributed by atoms with Gasteiger partial charge in [-0.25, -0.2) is 9.78 Å². The number of nitrogens with zero attached hydrogens (tertiary/aromatic N) is 3. The number of carbonyl (C=O) groups is 1. The SMILES string of the molecule is CC(C)(C)OC(=O)N1CCC(c2ccc3nccn3c2)C1. The summed E-state index contributed by atoms with van der Waals surface area (Å²) >= 11 is 0. The average molecular weight is 287 g/mol. The summed E-state index contributed by atoms with van der Waals surface area (Å²) in [5.74, 6) is 0.365. The summed E-state index contributed by atoms with van der Waals surface area (Å²) < 4.78 is 7.45. The Morgan fingerprint density at radius 2 is 2.19 bits per heavy atom. The molecule has 0 radical (unpaired) electrons. The van der Waals surface area contributed by atoms with Crippen molar-refractivity contribution in [1.82, 2.24) is 14.3 Å². The van der Waals surface area contributed by atoms with Gasteiger partial charge in [-0.05, 0) is 38.8 Å². The Balaban J connectivity index is 1.70. The maximum absolute atomic E-state index is 12.1. The maximum atomic E-state index is 12.1. The standard InChI is InChI=1S/C16H21N3O2/c1-16(2,3)21-15(20)19-8-6-13(11-19)12-4-5-14-17-7-9-18(14)10-12/h4-5,7,9-10,13H,6,8,11H2,1-3H3. The zero-order chi connectivity index (χ0) is 15.0. The molecule has 0 spiro atoms. The van der Waals surface area contributed by atoms with Gasteiger partial charge in [0, 0.05) is 37.6 Å². The second-order valence-corrected chi connectivity index (χ2v) is 6.57. The van der Waals surface area contributed by atoms with Crippen LogP contribution >= 0.6 is 0 Å². The Morgan fingerprint density at radius 1 is 1.38 bits per heavy atom. The van der Waals surface area contributed by atoms with E-state index in [0.717, 1.165) is 25.2 Å². The molecule has 1 atom stereocenters. The summed E-state index contributed by atoms with van der Waals surface area (Å²) in [5.41, 5.74) is 1.75. The summed E-state index contributed by atoms with van der Waals surface area (Å²) in [6, 6.07) is 4.12. The Hall–Kier alpha value is -2.04. The summed E-state index contributed by atoms with van der Waals surface area (Å²) in [7, 11) is 0. The van der Waals surface area contributed by atoms with Gasteiger partial charge >= 0.3 is 6.09 Å². The molecule has 0 aromatic carbocycles. The van der Waals surface area contributed by atoms with Crippen molar-refractivity contribution in [2.45, 2.75) is 38.7 Å². The van der Waals surface area contributed by atoms with Crippen LogP contribution in [0.1, 0.15) is 38.7 Å². The van der Waals surface area contributed by atoms with Gasteiger partial charge in [0.25, 0.3) is 0 Å². The molecule has 2 aromatic heterocycles. The molecular weight excluding hydrogens is 266 g/mol. The van der Waals surface area contributed by atoms with Crippen molar-refractivity contribution in [3.05, 3.63) is 36.3 Å². The van der Waals surface area contributed by atoms with Crippen molar-refractivity contribution < 1.29 is 9.53 Å². The van der Waals surface area contributed by atoms with Crippen molar-refractivity contribution in [3.8, 4) is 0 Å². The van der Waals surface area contributed by atoms with Crippen molar-refractivity contribution in [3.63, 3.8) is 0 Å². The van der Waals surface area contributed by atoms with E-state index < -0.39 is 5.60 Å². The number of likely N-dealkylation sites (tertiary alicyclic amines) is 1. The molecule has 1 unspecified atom stereocenters. The molecule has 1 amide bonds. The molecular formula is C16H21N3O2. The molecule has 0 bridgehead atoms. The lowest BCUT2D eigenvalue weighted by Crippen LogP contribution is -2.35. The molecule has 1 saturated heterocycles.